The Morgan fingerprint density at radius 2 is 1.48 bits per heavy atom. The van der Waals surface area contributed by atoms with E-state index < -0.39 is 52.0 Å². The van der Waals surface area contributed by atoms with Gasteiger partial charge in [0.05, 0.1) is 23.1 Å². The van der Waals surface area contributed by atoms with E-state index in [-0.39, 0.29) is 18.0 Å². The van der Waals surface area contributed by atoms with Gasteiger partial charge in [0.1, 0.15) is 11.4 Å². The van der Waals surface area contributed by atoms with Gasteiger partial charge in [0, 0.05) is 44.9 Å². The van der Waals surface area contributed by atoms with Crippen molar-refractivity contribution in [2.24, 2.45) is 0 Å². The molecule has 1 aliphatic rings. The predicted molar refractivity (Wildman–Crippen MR) is 160 cm³/mol. The second kappa shape index (κ2) is 11.6. The Hall–Kier alpha value is -3.23. The summed E-state index contributed by atoms with van der Waals surface area (Å²) in [5.41, 5.74) is 0.449. The van der Waals surface area contributed by atoms with Crippen LogP contribution in [-0.4, -0.2) is 66.3 Å². The third-order valence-corrected chi connectivity index (χ3v) is 8.99. The number of rotatable bonds is 5. The minimum Gasteiger partial charge on any atom is -0.444 e. The Kier molecular flexibility index (Phi) is 8.49. The molecule has 0 aliphatic carbocycles. The SMILES string of the molecule is CC(C)(C)OC(=O)N1CC(NS(=O)(=O)c2ccc(OC(F)(F)F)cc2)C(O)C(n2c3ccc(Cl)cc3c3cc(Cl)ccc32)C1. The zero-order valence-electron chi connectivity index (χ0n) is 23.6. The van der Waals surface area contributed by atoms with Crippen molar-refractivity contribution in [3.8, 4) is 5.75 Å². The monoisotopic (exact) mass is 673 g/mol. The minimum atomic E-state index is -4.95. The van der Waals surface area contributed by atoms with Crippen LogP contribution in [-0.2, 0) is 14.8 Å². The number of amides is 1. The number of ether oxygens (including phenoxy) is 2. The first-order valence-corrected chi connectivity index (χ1v) is 15.6. The van der Waals surface area contributed by atoms with E-state index in [2.05, 4.69) is 9.46 Å². The fraction of sp³-hybridized carbons (Fsp3) is 0.345. The number of sulfonamides is 1. The third-order valence-electron chi connectivity index (χ3n) is 7.01. The number of nitrogens with one attached hydrogen (secondary N) is 1. The predicted octanol–water partition coefficient (Wildman–Crippen LogP) is 6.50. The number of halogens is 5. The first-order chi connectivity index (χ1) is 20.4. The normalized spacial score (nSPS) is 19.8. The smallest absolute Gasteiger partial charge is 0.444 e. The van der Waals surface area contributed by atoms with Crippen LogP contribution >= 0.6 is 23.2 Å². The van der Waals surface area contributed by atoms with Crippen molar-refractivity contribution in [3.05, 3.63) is 70.7 Å². The van der Waals surface area contributed by atoms with Crippen molar-refractivity contribution >= 4 is 61.1 Å². The molecular weight excluding hydrogens is 646 g/mol. The highest BCUT2D eigenvalue weighted by Crippen LogP contribution is 2.38. The maximum Gasteiger partial charge on any atom is 0.573 e. The van der Waals surface area contributed by atoms with Gasteiger partial charge in [-0.05, 0) is 81.4 Å². The van der Waals surface area contributed by atoms with E-state index in [1.165, 1.54) is 4.90 Å². The van der Waals surface area contributed by atoms with Crippen LogP contribution in [0.25, 0.3) is 21.8 Å². The number of likely N-dealkylation sites (tertiary alicyclic amines) is 1. The Bertz CT molecular complexity index is 1770. The van der Waals surface area contributed by atoms with Crippen molar-refractivity contribution in [3.63, 3.8) is 0 Å². The van der Waals surface area contributed by atoms with Gasteiger partial charge in [-0.15, -0.1) is 13.2 Å². The van der Waals surface area contributed by atoms with Gasteiger partial charge >= 0.3 is 12.5 Å². The van der Waals surface area contributed by atoms with Crippen molar-refractivity contribution in [1.82, 2.24) is 14.2 Å². The summed E-state index contributed by atoms with van der Waals surface area (Å²) in [7, 11) is -4.40. The van der Waals surface area contributed by atoms with Crippen LogP contribution in [0.1, 0.15) is 26.8 Å². The van der Waals surface area contributed by atoms with Gasteiger partial charge in [0.15, 0.2) is 0 Å². The number of aliphatic hydroxyl groups excluding tert-OH is 1. The number of nitrogens with zero attached hydrogens (tertiary/aromatic N) is 2. The van der Waals surface area contributed by atoms with Gasteiger partial charge in [-0.25, -0.2) is 17.9 Å². The molecule has 1 amide bonds. The summed E-state index contributed by atoms with van der Waals surface area (Å²) in [5, 5.41) is 14.1. The lowest BCUT2D eigenvalue weighted by atomic mass is 9.97. The van der Waals surface area contributed by atoms with Crippen LogP contribution in [0, 0.1) is 0 Å². The highest BCUT2D eigenvalue weighted by molar-refractivity contribution is 7.89. The number of hydrogen-bond acceptors (Lipinski definition) is 6. The standard InChI is InChI=1S/C29H28Cl2F3N3O6S/c1-28(2,3)43-27(39)36-14-22(35-44(40,41)19-8-6-18(7-9-19)42-29(32,33)34)26(38)25(15-36)37-23-10-4-16(30)12-20(23)21-13-17(31)5-11-24(21)37/h4-13,22,25-26,35,38H,14-15H2,1-3H3. The molecule has 2 heterocycles. The molecule has 236 valence electrons. The minimum absolute atomic E-state index is 0.0398. The van der Waals surface area contributed by atoms with Crippen LogP contribution in [0.5, 0.6) is 5.75 Å². The average Bonchev–Trinajstić information content (AvgIpc) is 3.20. The lowest BCUT2D eigenvalue weighted by Gasteiger charge is -2.42. The molecule has 2 N–H and O–H groups in total. The molecule has 1 aromatic heterocycles. The maximum atomic E-state index is 13.4. The molecule has 3 aromatic carbocycles. The number of fused-ring (bicyclic) bond motifs is 3. The van der Waals surface area contributed by atoms with Crippen LogP contribution in [0.3, 0.4) is 0 Å². The Morgan fingerprint density at radius 1 is 0.932 bits per heavy atom. The van der Waals surface area contributed by atoms with Gasteiger partial charge in [-0.3, -0.25) is 0 Å². The number of alkyl halides is 3. The number of carbonyl (C=O) groups is 1. The molecule has 1 fully saturated rings. The van der Waals surface area contributed by atoms with Crippen LogP contribution in [0.4, 0.5) is 18.0 Å². The van der Waals surface area contributed by atoms with Gasteiger partial charge in [0.25, 0.3) is 0 Å². The summed E-state index contributed by atoms with van der Waals surface area (Å²) in [5.74, 6) is -0.600. The molecule has 0 radical (unpaired) electrons. The summed E-state index contributed by atoms with van der Waals surface area (Å²) < 4.78 is 78.2. The van der Waals surface area contributed by atoms with Crippen molar-refractivity contribution < 1.29 is 41.0 Å². The molecule has 1 saturated heterocycles. The average molecular weight is 675 g/mol. The zero-order chi connectivity index (χ0) is 32.2. The fourth-order valence-corrected chi connectivity index (χ4v) is 6.87. The second-order valence-corrected chi connectivity index (χ2v) is 14.0. The Morgan fingerprint density at radius 3 is 1.98 bits per heavy atom. The van der Waals surface area contributed by atoms with Gasteiger partial charge in [-0.1, -0.05) is 23.2 Å². The number of carbonyl (C=O) groups excluding carboxylic acids is 1. The highest BCUT2D eigenvalue weighted by Gasteiger charge is 2.43. The van der Waals surface area contributed by atoms with E-state index >= 15 is 0 Å². The van der Waals surface area contributed by atoms with E-state index in [1.807, 2.05) is 4.57 Å². The van der Waals surface area contributed by atoms with Gasteiger partial charge in [-0.2, -0.15) is 0 Å². The summed E-state index contributed by atoms with van der Waals surface area (Å²) in [4.78, 5) is 14.2. The summed E-state index contributed by atoms with van der Waals surface area (Å²) in [6.45, 7) is 4.77. The lowest BCUT2D eigenvalue weighted by Crippen LogP contribution is -2.60. The molecule has 9 nitrogen and oxygen atoms in total. The highest BCUT2D eigenvalue weighted by atomic mass is 35.5. The Balaban J connectivity index is 1.56. The van der Waals surface area contributed by atoms with Gasteiger partial charge in [0.2, 0.25) is 10.0 Å². The Labute approximate surface area is 261 Å². The molecule has 3 unspecified atom stereocenters. The van der Waals surface area contributed by atoms with E-state index in [4.69, 9.17) is 27.9 Å². The molecular formula is C29H28Cl2F3N3O6S. The van der Waals surface area contributed by atoms with E-state index in [9.17, 15) is 31.5 Å². The molecule has 4 aromatic rings. The number of aliphatic hydroxyl groups is 1. The van der Waals surface area contributed by atoms with Crippen LogP contribution in [0.2, 0.25) is 10.0 Å². The first kappa shape index (κ1) is 32.2. The number of aromatic nitrogens is 1. The second-order valence-electron chi connectivity index (χ2n) is 11.4. The molecule has 0 spiro atoms. The summed E-state index contributed by atoms with van der Waals surface area (Å²) in [6.07, 6.45) is -7.05. The lowest BCUT2D eigenvalue weighted by molar-refractivity contribution is -0.274. The number of piperidine rings is 1. The van der Waals surface area contributed by atoms with E-state index in [1.54, 1.807) is 57.2 Å². The fourth-order valence-electron chi connectivity index (χ4n) is 5.28. The maximum absolute atomic E-state index is 13.4. The zero-order valence-corrected chi connectivity index (χ0v) is 25.9. The van der Waals surface area contributed by atoms with Crippen molar-refractivity contribution in [1.29, 1.82) is 0 Å². The molecule has 15 heteroatoms. The van der Waals surface area contributed by atoms with E-state index in [0.717, 1.165) is 35.0 Å². The molecule has 5 rings (SSSR count). The third kappa shape index (κ3) is 6.86. The quantitative estimate of drug-likeness (QED) is 0.250. The summed E-state index contributed by atoms with van der Waals surface area (Å²) in [6, 6.07) is 11.9. The molecule has 1 aliphatic heterocycles. The molecule has 0 bridgehead atoms. The molecule has 0 saturated carbocycles. The first-order valence-electron chi connectivity index (χ1n) is 13.3. The topological polar surface area (TPSA) is 110 Å². The number of hydrogen-bond donors (Lipinski definition) is 2. The molecule has 44 heavy (non-hydrogen) atoms. The number of benzene rings is 3. The van der Waals surface area contributed by atoms with Gasteiger partial charge < -0.3 is 24.0 Å². The van der Waals surface area contributed by atoms with Crippen LogP contribution < -0.4 is 9.46 Å². The van der Waals surface area contributed by atoms with Crippen molar-refractivity contribution in [2.75, 3.05) is 13.1 Å². The summed E-state index contributed by atoms with van der Waals surface area (Å²) >= 11 is 12.6. The largest absolute Gasteiger partial charge is 0.573 e. The van der Waals surface area contributed by atoms with Crippen molar-refractivity contribution in [2.45, 2.75) is 55.8 Å². The molecule has 3 atom stereocenters. The van der Waals surface area contributed by atoms with E-state index in [0.29, 0.717) is 21.1 Å². The van der Waals surface area contributed by atoms with Crippen LogP contribution in [0.15, 0.2) is 65.6 Å².